The lowest BCUT2D eigenvalue weighted by Gasteiger charge is -2.10. The molecule has 0 atom stereocenters. The van der Waals surface area contributed by atoms with Gasteiger partial charge in [-0.1, -0.05) is 52.3 Å². The van der Waals surface area contributed by atoms with Gasteiger partial charge in [-0.05, 0) is 53.6 Å². The Morgan fingerprint density at radius 3 is 2.35 bits per heavy atom. The maximum Gasteiger partial charge on any atom is 0.0552 e. The van der Waals surface area contributed by atoms with E-state index in [2.05, 4.69) is 92.2 Å². The summed E-state index contributed by atoms with van der Waals surface area (Å²) >= 11 is 3.63. The molecule has 5 aromatic rings. The molecule has 0 unspecified atom stereocenters. The summed E-state index contributed by atoms with van der Waals surface area (Å²) in [5.74, 6) is 0. The summed E-state index contributed by atoms with van der Waals surface area (Å²) in [6, 6.07) is 27.8. The Morgan fingerprint density at radius 1 is 0.654 bits per heavy atom. The molecule has 2 aromatic heterocycles. The van der Waals surface area contributed by atoms with Crippen molar-refractivity contribution in [2.45, 2.75) is 0 Å². The van der Waals surface area contributed by atoms with Crippen molar-refractivity contribution in [3.8, 4) is 16.8 Å². The molecule has 5 rings (SSSR count). The third-order valence-corrected chi connectivity index (χ3v) is 5.25. The van der Waals surface area contributed by atoms with Crippen molar-refractivity contribution in [2.24, 2.45) is 0 Å². The van der Waals surface area contributed by atoms with Gasteiger partial charge in [0.1, 0.15) is 0 Å². The van der Waals surface area contributed by atoms with Crippen molar-refractivity contribution < 1.29 is 0 Å². The van der Waals surface area contributed by atoms with Gasteiger partial charge >= 0.3 is 0 Å². The summed E-state index contributed by atoms with van der Waals surface area (Å²) in [6.07, 6.45) is 3.67. The van der Waals surface area contributed by atoms with Crippen LogP contribution >= 0.6 is 15.9 Å². The fourth-order valence-electron chi connectivity index (χ4n) is 3.59. The standard InChI is InChI=1S/C23H15BrN2/c24-18-8-9-21-20-6-1-2-7-22(20)26(23(21)15-18)19-5-3-4-17(14-19)16-10-12-25-13-11-16/h1-15H. The molecule has 0 N–H and O–H groups in total. The summed E-state index contributed by atoms with van der Waals surface area (Å²) in [5, 5.41) is 2.53. The third kappa shape index (κ3) is 2.44. The third-order valence-electron chi connectivity index (χ3n) is 4.75. The van der Waals surface area contributed by atoms with Gasteiger partial charge in [0.15, 0.2) is 0 Å². The Kier molecular flexibility index (Phi) is 3.61. The number of aromatic nitrogens is 2. The van der Waals surface area contributed by atoms with Crippen LogP contribution in [0, 0.1) is 0 Å². The predicted molar refractivity (Wildman–Crippen MR) is 112 cm³/mol. The summed E-state index contributed by atoms with van der Waals surface area (Å²) in [7, 11) is 0. The molecule has 0 aliphatic carbocycles. The van der Waals surface area contributed by atoms with E-state index in [1.54, 1.807) is 0 Å². The van der Waals surface area contributed by atoms with Crippen LogP contribution < -0.4 is 0 Å². The van der Waals surface area contributed by atoms with Gasteiger partial charge in [0.05, 0.1) is 11.0 Å². The van der Waals surface area contributed by atoms with E-state index in [-0.39, 0.29) is 0 Å². The fourth-order valence-corrected chi connectivity index (χ4v) is 3.94. The van der Waals surface area contributed by atoms with Crippen molar-refractivity contribution in [3.63, 3.8) is 0 Å². The van der Waals surface area contributed by atoms with E-state index >= 15 is 0 Å². The average molecular weight is 399 g/mol. The number of pyridine rings is 1. The molecule has 2 heterocycles. The highest BCUT2D eigenvalue weighted by molar-refractivity contribution is 9.10. The van der Waals surface area contributed by atoms with Gasteiger partial charge in [-0.3, -0.25) is 4.98 Å². The first-order valence-corrected chi connectivity index (χ1v) is 9.30. The second kappa shape index (κ2) is 6.11. The highest BCUT2D eigenvalue weighted by Crippen LogP contribution is 2.34. The highest BCUT2D eigenvalue weighted by atomic mass is 79.9. The van der Waals surface area contributed by atoms with Crippen LogP contribution in [0.5, 0.6) is 0 Å². The molecule has 124 valence electrons. The van der Waals surface area contributed by atoms with Crippen LogP contribution in [0.4, 0.5) is 0 Å². The SMILES string of the molecule is Brc1ccc2c3ccccc3n(-c3cccc(-c4ccncc4)c3)c2c1. The Morgan fingerprint density at radius 2 is 1.46 bits per heavy atom. The van der Waals surface area contributed by atoms with E-state index in [1.165, 1.54) is 32.9 Å². The molecule has 0 saturated heterocycles. The molecule has 0 aliphatic heterocycles. The lowest BCUT2D eigenvalue weighted by atomic mass is 10.1. The van der Waals surface area contributed by atoms with Gasteiger partial charge in [-0.15, -0.1) is 0 Å². The number of rotatable bonds is 2. The molecule has 0 fully saturated rings. The van der Waals surface area contributed by atoms with E-state index < -0.39 is 0 Å². The first kappa shape index (κ1) is 15.4. The van der Waals surface area contributed by atoms with Crippen molar-refractivity contribution >= 4 is 37.7 Å². The molecule has 0 bridgehead atoms. The number of halogens is 1. The smallest absolute Gasteiger partial charge is 0.0552 e. The Bertz CT molecular complexity index is 1240. The average Bonchev–Trinajstić information content (AvgIpc) is 3.02. The molecule has 26 heavy (non-hydrogen) atoms. The highest BCUT2D eigenvalue weighted by Gasteiger charge is 2.12. The summed E-state index contributed by atoms with van der Waals surface area (Å²) < 4.78 is 3.42. The molecule has 0 saturated carbocycles. The quantitative estimate of drug-likeness (QED) is 0.327. The van der Waals surface area contributed by atoms with E-state index in [1.807, 2.05) is 24.5 Å². The second-order valence-corrected chi connectivity index (χ2v) is 7.22. The van der Waals surface area contributed by atoms with Gasteiger partial charge < -0.3 is 4.57 Å². The second-order valence-electron chi connectivity index (χ2n) is 6.30. The van der Waals surface area contributed by atoms with Gasteiger partial charge in [-0.25, -0.2) is 0 Å². The van der Waals surface area contributed by atoms with E-state index in [4.69, 9.17) is 0 Å². The number of hydrogen-bond donors (Lipinski definition) is 0. The van der Waals surface area contributed by atoms with Crippen LogP contribution in [0.15, 0.2) is 95.7 Å². The van der Waals surface area contributed by atoms with Crippen molar-refractivity contribution in [1.82, 2.24) is 9.55 Å². The Labute approximate surface area is 159 Å². The number of fused-ring (bicyclic) bond motifs is 3. The zero-order valence-electron chi connectivity index (χ0n) is 13.9. The van der Waals surface area contributed by atoms with Gasteiger partial charge in [0.2, 0.25) is 0 Å². The van der Waals surface area contributed by atoms with Gasteiger partial charge in [0, 0.05) is 33.3 Å². The number of para-hydroxylation sites is 1. The molecule has 3 aromatic carbocycles. The fraction of sp³-hybridized carbons (Fsp3) is 0. The minimum atomic E-state index is 1.08. The largest absolute Gasteiger partial charge is 0.309 e. The molecule has 0 spiro atoms. The first-order valence-electron chi connectivity index (χ1n) is 8.51. The van der Waals surface area contributed by atoms with Crippen LogP contribution in [0.1, 0.15) is 0 Å². The van der Waals surface area contributed by atoms with E-state index in [9.17, 15) is 0 Å². The lowest BCUT2D eigenvalue weighted by Crippen LogP contribution is -1.94. The van der Waals surface area contributed by atoms with Crippen LogP contribution in [0.25, 0.3) is 38.6 Å². The van der Waals surface area contributed by atoms with E-state index in [0.29, 0.717) is 0 Å². The maximum absolute atomic E-state index is 4.12. The summed E-state index contributed by atoms with van der Waals surface area (Å²) in [5.41, 5.74) is 5.93. The Hall–Kier alpha value is -2.91. The lowest BCUT2D eigenvalue weighted by molar-refractivity contribution is 1.18. The van der Waals surface area contributed by atoms with Crippen LogP contribution in [-0.2, 0) is 0 Å². The molecule has 0 aliphatic rings. The van der Waals surface area contributed by atoms with Crippen LogP contribution in [-0.4, -0.2) is 9.55 Å². The molecule has 0 amide bonds. The molecule has 0 radical (unpaired) electrons. The zero-order chi connectivity index (χ0) is 17.5. The summed E-state index contributed by atoms with van der Waals surface area (Å²) in [4.78, 5) is 4.12. The topological polar surface area (TPSA) is 17.8 Å². The van der Waals surface area contributed by atoms with E-state index in [0.717, 1.165) is 10.2 Å². The zero-order valence-corrected chi connectivity index (χ0v) is 15.5. The van der Waals surface area contributed by atoms with Crippen LogP contribution in [0.2, 0.25) is 0 Å². The molecule has 2 nitrogen and oxygen atoms in total. The van der Waals surface area contributed by atoms with Crippen molar-refractivity contribution in [2.75, 3.05) is 0 Å². The summed E-state index contributed by atoms with van der Waals surface area (Å²) in [6.45, 7) is 0. The molecular weight excluding hydrogens is 384 g/mol. The normalized spacial score (nSPS) is 11.3. The molecule has 3 heteroatoms. The predicted octanol–water partition coefficient (Wildman–Crippen LogP) is 6.61. The number of hydrogen-bond acceptors (Lipinski definition) is 1. The number of nitrogens with zero attached hydrogens (tertiary/aromatic N) is 2. The first-order chi connectivity index (χ1) is 12.8. The number of benzene rings is 3. The minimum absolute atomic E-state index is 1.08. The maximum atomic E-state index is 4.12. The van der Waals surface area contributed by atoms with Crippen molar-refractivity contribution in [1.29, 1.82) is 0 Å². The van der Waals surface area contributed by atoms with Crippen molar-refractivity contribution in [3.05, 3.63) is 95.7 Å². The van der Waals surface area contributed by atoms with Gasteiger partial charge in [-0.2, -0.15) is 0 Å². The molecular formula is C23H15BrN2. The van der Waals surface area contributed by atoms with Crippen LogP contribution in [0.3, 0.4) is 0 Å². The monoisotopic (exact) mass is 398 g/mol. The van der Waals surface area contributed by atoms with Gasteiger partial charge in [0.25, 0.3) is 0 Å². The minimum Gasteiger partial charge on any atom is -0.309 e. The Balaban J connectivity index is 1.83.